The molecule has 6 rings (SSSR count). The zero-order valence-corrected chi connectivity index (χ0v) is 21.7. The zero-order chi connectivity index (χ0) is 25.7. The molecule has 3 aliphatic rings. The summed E-state index contributed by atoms with van der Waals surface area (Å²) in [5.74, 6) is 2.47. The number of hydrogen-bond donors (Lipinski definition) is 0. The zero-order valence-electron chi connectivity index (χ0n) is 21.7. The van der Waals surface area contributed by atoms with Crippen LogP contribution in [0.5, 0.6) is 0 Å². The van der Waals surface area contributed by atoms with Crippen LogP contribution in [0.15, 0.2) is 36.7 Å². The number of aryl methyl sites for hydroxylation is 2. The smallest absolute Gasteiger partial charge is 0.225 e. The van der Waals surface area contributed by atoms with E-state index in [1.54, 1.807) is 24.3 Å². The molecule has 3 aromatic rings. The van der Waals surface area contributed by atoms with Gasteiger partial charge in [0.15, 0.2) is 5.78 Å². The van der Waals surface area contributed by atoms with Crippen molar-refractivity contribution in [2.45, 2.75) is 57.8 Å². The van der Waals surface area contributed by atoms with E-state index in [4.69, 9.17) is 4.98 Å². The van der Waals surface area contributed by atoms with Crippen LogP contribution in [0, 0.1) is 36.0 Å². The molecule has 0 spiro atoms. The van der Waals surface area contributed by atoms with E-state index in [9.17, 15) is 14.9 Å². The van der Waals surface area contributed by atoms with Crippen LogP contribution in [0.25, 0.3) is 11.0 Å². The van der Waals surface area contributed by atoms with E-state index < -0.39 is 0 Å². The molecule has 37 heavy (non-hydrogen) atoms. The normalized spacial score (nSPS) is 23.5. The SMILES string of the molecule is Cc1c(CC(=O)c2cccc(C#N)c2)cnc2c1c(C1CCN(C(=O)C3CC4CC[C@H]3C4)CC1)cn2C. The maximum absolute atomic E-state index is 13.3. The molecule has 3 fully saturated rings. The van der Waals surface area contributed by atoms with Crippen LogP contribution in [0.3, 0.4) is 0 Å². The highest BCUT2D eigenvalue weighted by Crippen LogP contribution is 2.49. The van der Waals surface area contributed by atoms with Gasteiger partial charge in [0, 0.05) is 55.8 Å². The Kier molecular flexibility index (Phi) is 6.10. The number of ketones is 1. The van der Waals surface area contributed by atoms with Crippen molar-refractivity contribution >= 4 is 22.7 Å². The topological polar surface area (TPSA) is 79.0 Å². The molecule has 1 saturated heterocycles. The maximum Gasteiger partial charge on any atom is 0.225 e. The van der Waals surface area contributed by atoms with Crippen molar-refractivity contribution in [3.8, 4) is 6.07 Å². The van der Waals surface area contributed by atoms with Crippen LogP contribution >= 0.6 is 0 Å². The van der Waals surface area contributed by atoms with Gasteiger partial charge in [-0.3, -0.25) is 9.59 Å². The molecule has 190 valence electrons. The van der Waals surface area contributed by atoms with Gasteiger partial charge in [-0.25, -0.2) is 4.98 Å². The molecule has 2 unspecified atom stereocenters. The van der Waals surface area contributed by atoms with E-state index in [-0.39, 0.29) is 18.1 Å². The van der Waals surface area contributed by atoms with Gasteiger partial charge in [0.2, 0.25) is 5.91 Å². The van der Waals surface area contributed by atoms with Crippen molar-refractivity contribution in [2.75, 3.05) is 13.1 Å². The molecule has 2 saturated carbocycles. The molecule has 2 aliphatic carbocycles. The number of likely N-dealkylation sites (tertiary alicyclic amines) is 1. The second kappa shape index (κ2) is 9.45. The van der Waals surface area contributed by atoms with Gasteiger partial charge in [-0.2, -0.15) is 5.26 Å². The number of carbonyl (C=O) groups is 2. The van der Waals surface area contributed by atoms with Gasteiger partial charge in [0.05, 0.1) is 11.6 Å². The first-order valence-electron chi connectivity index (χ1n) is 13.7. The van der Waals surface area contributed by atoms with E-state index in [1.807, 2.05) is 13.2 Å². The van der Waals surface area contributed by atoms with Crippen LogP contribution in [0.4, 0.5) is 0 Å². The van der Waals surface area contributed by atoms with E-state index in [0.717, 1.165) is 60.4 Å². The third kappa shape index (κ3) is 4.25. The molecule has 2 aromatic heterocycles. The van der Waals surface area contributed by atoms with Gasteiger partial charge in [-0.15, -0.1) is 0 Å². The number of fused-ring (bicyclic) bond motifs is 3. The molecule has 0 N–H and O–H groups in total. The lowest BCUT2D eigenvalue weighted by Crippen LogP contribution is -2.42. The summed E-state index contributed by atoms with van der Waals surface area (Å²) in [5, 5.41) is 10.3. The number of piperidine rings is 1. The third-order valence-electron chi connectivity index (χ3n) is 9.34. The first-order valence-corrected chi connectivity index (χ1v) is 13.7. The summed E-state index contributed by atoms with van der Waals surface area (Å²) in [7, 11) is 2.03. The molecular weight excluding hydrogens is 460 g/mol. The summed E-state index contributed by atoms with van der Waals surface area (Å²) < 4.78 is 2.09. The van der Waals surface area contributed by atoms with Crippen LogP contribution in [0.1, 0.15) is 77.1 Å². The Morgan fingerprint density at radius 2 is 1.95 bits per heavy atom. The Morgan fingerprint density at radius 3 is 2.65 bits per heavy atom. The average Bonchev–Trinajstić information content (AvgIpc) is 3.65. The minimum Gasteiger partial charge on any atom is -0.342 e. The molecule has 1 aliphatic heterocycles. The lowest BCUT2D eigenvalue weighted by atomic mass is 9.85. The standard InChI is InChI=1S/C31H34N4O2/c1-19-25(15-28(36)24-5-3-4-21(13-24)16-32)17-33-30-29(19)27(18-34(30)2)22-8-10-35(11-9-22)31(37)26-14-20-6-7-23(26)12-20/h3-5,13,17-18,20,22-23,26H,6-12,14-15H2,1-2H3/t20?,23-,26?/m0/s1. The molecule has 2 bridgehead atoms. The number of nitrogens with zero attached hydrogens (tertiary/aromatic N) is 4. The minimum atomic E-state index is -0.00809. The highest BCUT2D eigenvalue weighted by Gasteiger charge is 2.44. The van der Waals surface area contributed by atoms with E-state index in [2.05, 4.69) is 28.7 Å². The van der Waals surface area contributed by atoms with Crippen molar-refractivity contribution in [3.63, 3.8) is 0 Å². The highest BCUT2D eigenvalue weighted by atomic mass is 16.2. The van der Waals surface area contributed by atoms with E-state index in [1.165, 1.54) is 24.8 Å². The quantitative estimate of drug-likeness (QED) is 0.450. The minimum absolute atomic E-state index is 0.00809. The second-order valence-corrected chi connectivity index (χ2v) is 11.5. The van der Waals surface area contributed by atoms with Gasteiger partial charge >= 0.3 is 0 Å². The van der Waals surface area contributed by atoms with Crippen molar-refractivity contribution in [1.82, 2.24) is 14.5 Å². The number of amides is 1. The van der Waals surface area contributed by atoms with E-state index in [0.29, 0.717) is 28.9 Å². The van der Waals surface area contributed by atoms with Crippen LogP contribution in [-0.2, 0) is 18.3 Å². The van der Waals surface area contributed by atoms with Crippen molar-refractivity contribution in [1.29, 1.82) is 5.26 Å². The summed E-state index contributed by atoms with van der Waals surface area (Å²) in [5.41, 5.74) is 5.30. The van der Waals surface area contributed by atoms with E-state index >= 15 is 0 Å². The van der Waals surface area contributed by atoms with Gasteiger partial charge in [-0.1, -0.05) is 18.6 Å². The van der Waals surface area contributed by atoms with Gasteiger partial charge in [0.1, 0.15) is 5.65 Å². The Labute approximate surface area is 218 Å². The first-order chi connectivity index (χ1) is 17.9. The summed E-state index contributed by atoms with van der Waals surface area (Å²) in [4.78, 5) is 33.2. The number of carbonyl (C=O) groups excluding carboxylic acids is 2. The summed E-state index contributed by atoms with van der Waals surface area (Å²) >= 11 is 0. The molecule has 6 heteroatoms. The van der Waals surface area contributed by atoms with Crippen molar-refractivity contribution in [2.24, 2.45) is 24.8 Å². The number of hydrogen-bond acceptors (Lipinski definition) is 4. The lowest BCUT2D eigenvalue weighted by Gasteiger charge is -2.35. The van der Waals surface area contributed by atoms with Gasteiger partial charge < -0.3 is 9.47 Å². The van der Waals surface area contributed by atoms with Crippen LogP contribution < -0.4 is 0 Å². The number of benzene rings is 1. The maximum atomic E-state index is 13.3. The number of rotatable bonds is 5. The Balaban J connectivity index is 1.21. The van der Waals surface area contributed by atoms with Crippen molar-refractivity contribution < 1.29 is 9.59 Å². The Morgan fingerprint density at radius 1 is 1.14 bits per heavy atom. The molecule has 1 amide bonds. The summed E-state index contributed by atoms with van der Waals surface area (Å²) in [6.07, 6.45) is 11.2. The van der Waals surface area contributed by atoms with Crippen molar-refractivity contribution in [3.05, 3.63) is 64.5 Å². The molecule has 3 atom stereocenters. The third-order valence-corrected chi connectivity index (χ3v) is 9.34. The predicted octanol–water partition coefficient (Wildman–Crippen LogP) is 5.32. The fourth-order valence-corrected chi connectivity index (χ4v) is 7.29. The molecule has 3 heterocycles. The number of aromatic nitrogens is 2. The second-order valence-electron chi connectivity index (χ2n) is 11.5. The highest BCUT2D eigenvalue weighted by molar-refractivity contribution is 5.98. The fourth-order valence-electron chi connectivity index (χ4n) is 7.29. The number of pyridine rings is 1. The summed E-state index contributed by atoms with van der Waals surface area (Å²) in [6.45, 7) is 3.75. The lowest BCUT2D eigenvalue weighted by molar-refractivity contribution is -0.138. The first kappa shape index (κ1) is 23.9. The van der Waals surface area contributed by atoms with Gasteiger partial charge in [-0.05, 0) is 85.6 Å². The van der Waals surface area contributed by atoms with Crippen LogP contribution in [0.2, 0.25) is 0 Å². The Bertz CT molecular complexity index is 1420. The Hall–Kier alpha value is -3.46. The number of nitriles is 1. The number of Topliss-reactive ketones (excluding diaryl/α,β-unsaturated/α-hetero) is 1. The molecular formula is C31H34N4O2. The monoisotopic (exact) mass is 494 g/mol. The average molecular weight is 495 g/mol. The summed E-state index contributed by atoms with van der Waals surface area (Å²) in [6, 6.07) is 9.00. The largest absolute Gasteiger partial charge is 0.342 e. The fraction of sp³-hybridized carbons (Fsp3) is 0.484. The predicted molar refractivity (Wildman–Crippen MR) is 142 cm³/mol. The van der Waals surface area contributed by atoms with Crippen LogP contribution in [-0.4, -0.2) is 39.2 Å². The molecule has 6 nitrogen and oxygen atoms in total. The molecule has 0 radical (unpaired) electrons. The molecule has 1 aromatic carbocycles. The van der Waals surface area contributed by atoms with Gasteiger partial charge in [0.25, 0.3) is 0 Å².